The van der Waals surface area contributed by atoms with Gasteiger partial charge in [0.2, 0.25) is 5.76 Å². The summed E-state index contributed by atoms with van der Waals surface area (Å²) >= 11 is 0. The summed E-state index contributed by atoms with van der Waals surface area (Å²) in [4.78, 5) is 25.0. The molecule has 1 aliphatic heterocycles. The standard InChI is InChI=1S/C14H19NO5/c1-18-13(16)10-4-3-7-15(8-10)9-11-5-6-12(20-11)14(17)19-2/h5-6,10H,3-4,7-9H2,1-2H3/t10-/m0/s1. The van der Waals surface area contributed by atoms with Crippen LogP contribution in [0.25, 0.3) is 0 Å². The van der Waals surface area contributed by atoms with E-state index >= 15 is 0 Å². The van der Waals surface area contributed by atoms with E-state index in [1.807, 2.05) is 0 Å². The number of nitrogens with zero attached hydrogens (tertiary/aromatic N) is 1. The van der Waals surface area contributed by atoms with Gasteiger partial charge in [-0.2, -0.15) is 0 Å². The first-order valence-electron chi connectivity index (χ1n) is 6.61. The van der Waals surface area contributed by atoms with Crippen LogP contribution in [0.5, 0.6) is 0 Å². The first-order chi connectivity index (χ1) is 9.63. The van der Waals surface area contributed by atoms with E-state index in [9.17, 15) is 9.59 Å². The SMILES string of the molecule is COC(=O)c1ccc(CN2CCC[C@H](C(=O)OC)C2)o1. The van der Waals surface area contributed by atoms with Gasteiger partial charge in [-0.1, -0.05) is 0 Å². The van der Waals surface area contributed by atoms with Crippen LogP contribution in [0.15, 0.2) is 16.5 Å². The van der Waals surface area contributed by atoms with Crippen molar-refractivity contribution in [3.8, 4) is 0 Å². The minimum absolute atomic E-state index is 0.0798. The Labute approximate surface area is 117 Å². The molecule has 6 nitrogen and oxygen atoms in total. The summed E-state index contributed by atoms with van der Waals surface area (Å²) in [5, 5.41) is 0. The minimum Gasteiger partial charge on any atom is -0.469 e. The fourth-order valence-corrected chi connectivity index (χ4v) is 2.45. The summed E-state index contributed by atoms with van der Waals surface area (Å²) < 4.78 is 14.8. The van der Waals surface area contributed by atoms with E-state index in [1.165, 1.54) is 14.2 Å². The van der Waals surface area contributed by atoms with E-state index in [0.29, 0.717) is 18.8 Å². The molecule has 0 spiro atoms. The number of furan rings is 1. The maximum Gasteiger partial charge on any atom is 0.373 e. The zero-order chi connectivity index (χ0) is 14.5. The van der Waals surface area contributed by atoms with Crippen molar-refractivity contribution < 1.29 is 23.5 Å². The highest BCUT2D eigenvalue weighted by Crippen LogP contribution is 2.20. The number of hydrogen-bond acceptors (Lipinski definition) is 6. The molecule has 2 rings (SSSR count). The number of rotatable bonds is 4. The van der Waals surface area contributed by atoms with Crippen LogP contribution in [0.3, 0.4) is 0 Å². The third-order valence-electron chi connectivity index (χ3n) is 3.47. The van der Waals surface area contributed by atoms with Gasteiger partial charge in [-0.25, -0.2) is 4.79 Å². The Kier molecular flexibility index (Phi) is 4.79. The maximum atomic E-state index is 11.6. The average Bonchev–Trinajstić information content (AvgIpc) is 2.94. The van der Waals surface area contributed by atoms with Crippen molar-refractivity contribution in [1.29, 1.82) is 0 Å². The third-order valence-corrected chi connectivity index (χ3v) is 3.47. The van der Waals surface area contributed by atoms with Crippen LogP contribution in [0.1, 0.15) is 29.2 Å². The summed E-state index contributed by atoms with van der Waals surface area (Å²) in [5.74, 6) is 0.162. The molecule has 0 saturated carbocycles. The number of carbonyl (C=O) groups is 2. The monoisotopic (exact) mass is 281 g/mol. The number of likely N-dealkylation sites (tertiary alicyclic amines) is 1. The fourth-order valence-electron chi connectivity index (χ4n) is 2.45. The molecule has 1 saturated heterocycles. The molecule has 6 heteroatoms. The quantitative estimate of drug-likeness (QED) is 0.778. The number of piperidine rings is 1. The van der Waals surface area contributed by atoms with Crippen LogP contribution in [-0.4, -0.2) is 44.1 Å². The molecule has 0 amide bonds. The second-order valence-electron chi connectivity index (χ2n) is 4.85. The van der Waals surface area contributed by atoms with Crippen LogP contribution in [0.4, 0.5) is 0 Å². The average molecular weight is 281 g/mol. The van der Waals surface area contributed by atoms with E-state index in [1.54, 1.807) is 12.1 Å². The Morgan fingerprint density at radius 3 is 2.85 bits per heavy atom. The lowest BCUT2D eigenvalue weighted by molar-refractivity contribution is -0.147. The van der Waals surface area contributed by atoms with E-state index in [-0.39, 0.29) is 17.6 Å². The number of hydrogen-bond donors (Lipinski definition) is 0. The van der Waals surface area contributed by atoms with Gasteiger partial charge in [-0.15, -0.1) is 0 Å². The topological polar surface area (TPSA) is 69.0 Å². The van der Waals surface area contributed by atoms with Gasteiger partial charge in [0.25, 0.3) is 0 Å². The molecular weight excluding hydrogens is 262 g/mol. The predicted molar refractivity (Wildman–Crippen MR) is 70.1 cm³/mol. The predicted octanol–water partition coefficient (Wildman–Crippen LogP) is 1.45. The third kappa shape index (κ3) is 3.39. The normalized spacial score (nSPS) is 19.6. The van der Waals surface area contributed by atoms with Crippen LogP contribution in [-0.2, 0) is 20.8 Å². The van der Waals surface area contributed by atoms with Gasteiger partial charge in [0.05, 0.1) is 26.7 Å². The molecule has 1 atom stereocenters. The Balaban J connectivity index is 1.94. The minimum atomic E-state index is -0.484. The van der Waals surface area contributed by atoms with Crippen LogP contribution >= 0.6 is 0 Å². The second-order valence-corrected chi connectivity index (χ2v) is 4.85. The largest absolute Gasteiger partial charge is 0.469 e. The van der Waals surface area contributed by atoms with Crippen molar-refractivity contribution in [3.63, 3.8) is 0 Å². The van der Waals surface area contributed by atoms with Crippen LogP contribution < -0.4 is 0 Å². The van der Waals surface area contributed by atoms with Crippen LogP contribution in [0, 0.1) is 5.92 Å². The maximum absolute atomic E-state index is 11.6. The van der Waals surface area contributed by atoms with Gasteiger partial charge >= 0.3 is 11.9 Å². The Morgan fingerprint density at radius 2 is 2.15 bits per heavy atom. The highest BCUT2D eigenvalue weighted by molar-refractivity contribution is 5.86. The Bertz CT molecular complexity index is 482. The zero-order valence-electron chi connectivity index (χ0n) is 11.8. The van der Waals surface area contributed by atoms with Gasteiger partial charge in [0.15, 0.2) is 0 Å². The summed E-state index contributed by atoms with van der Waals surface area (Å²) in [5.41, 5.74) is 0. The van der Waals surface area contributed by atoms with Crippen molar-refractivity contribution >= 4 is 11.9 Å². The van der Waals surface area contributed by atoms with Crippen molar-refractivity contribution in [1.82, 2.24) is 4.90 Å². The van der Waals surface area contributed by atoms with Gasteiger partial charge in [0, 0.05) is 6.54 Å². The van der Waals surface area contributed by atoms with Crippen molar-refractivity contribution in [2.45, 2.75) is 19.4 Å². The molecule has 0 bridgehead atoms. The number of ether oxygens (including phenoxy) is 2. The molecule has 1 aliphatic rings. The lowest BCUT2D eigenvalue weighted by Gasteiger charge is -2.30. The number of esters is 2. The molecule has 0 aromatic carbocycles. The van der Waals surface area contributed by atoms with E-state index in [0.717, 1.165) is 19.4 Å². The summed E-state index contributed by atoms with van der Waals surface area (Å²) in [6.07, 6.45) is 1.80. The summed E-state index contributed by atoms with van der Waals surface area (Å²) in [6.45, 7) is 2.13. The number of methoxy groups -OCH3 is 2. The van der Waals surface area contributed by atoms with Gasteiger partial charge < -0.3 is 13.9 Å². The van der Waals surface area contributed by atoms with E-state index in [2.05, 4.69) is 9.64 Å². The first kappa shape index (κ1) is 14.6. The Hall–Kier alpha value is -1.82. The molecule has 0 unspecified atom stereocenters. The lowest BCUT2D eigenvalue weighted by Crippen LogP contribution is -2.38. The summed E-state index contributed by atoms with van der Waals surface area (Å²) in [6, 6.07) is 3.36. The molecule has 1 fully saturated rings. The first-order valence-corrected chi connectivity index (χ1v) is 6.61. The number of carbonyl (C=O) groups excluding carboxylic acids is 2. The highest BCUT2D eigenvalue weighted by atomic mass is 16.5. The second kappa shape index (κ2) is 6.56. The molecular formula is C14H19NO5. The fraction of sp³-hybridized carbons (Fsp3) is 0.571. The highest BCUT2D eigenvalue weighted by Gasteiger charge is 2.27. The molecule has 1 aromatic heterocycles. The van der Waals surface area contributed by atoms with E-state index in [4.69, 9.17) is 9.15 Å². The zero-order valence-corrected chi connectivity index (χ0v) is 11.8. The molecule has 1 aromatic rings. The molecule has 0 aliphatic carbocycles. The smallest absolute Gasteiger partial charge is 0.373 e. The summed E-state index contributed by atoms with van der Waals surface area (Å²) in [7, 11) is 2.73. The van der Waals surface area contributed by atoms with Gasteiger partial charge in [0.1, 0.15) is 5.76 Å². The van der Waals surface area contributed by atoms with Gasteiger partial charge in [-0.05, 0) is 31.5 Å². The van der Waals surface area contributed by atoms with Gasteiger partial charge in [-0.3, -0.25) is 9.69 Å². The molecule has 0 radical (unpaired) electrons. The van der Waals surface area contributed by atoms with Crippen molar-refractivity contribution in [2.24, 2.45) is 5.92 Å². The molecule has 110 valence electrons. The molecule has 20 heavy (non-hydrogen) atoms. The lowest BCUT2D eigenvalue weighted by atomic mass is 9.98. The molecule has 2 heterocycles. The Morgan fingerprint density at radius 1 is 1.35 bits per heavy atom. The van der Waals surface area contributed by atoms with E-state index < -0.39 is 5.97 Å². The van der Waals surface area contributed by atoms with Crippen molar-refractivity contribution in [2.75, 3.05) is 27.3 Å². The molecule has 0 N–H and O–H groups in total. The van der Waals surface area contributed by atoms with Crippen LogP contribution in [0.2, 0.25) is 0 Å². The van der Waals surface area contributed by atoms with Crippen molar-refractivity contribution in [3.05, 3.63) is 23.7 Å².